The van der Waals surface area contributed by atoms with E-state index in [2.05, 4.69) is 5.32 Å². The molecule has 4 nitrogen and oxygen atoms in total. The van der Waals surface area contributed by atoms with E-state index in [0.29, 0.717) is 13.0 Å². The average Bonchev–Trinajstić information content (AvgIpc) is 2.68. The lowest BCUT2D eigenvalue weighted by Gasteiger charge is -2.21. The molecule has 1 atom stereocenters. The number of rotatable bonds is 4. The van der Waals surface area contributed by atoms with Gasteiger partial charge in [0.05, 0.1) is 11.5 Å². The molecule has 1 aromatic carbocycles. The van der Waals surface area contributed by atoms with Crippen LogP contribution >= 0.6 is 0 Å². The van der Waals surface area contributed by atoms with Crippen LogP contribution in [0.2, 0.25) is 0 Å². The van der Waals surface area contributed by atoms with Gasteiger partial charge in [0.2, 0.25) is 0 Å². The van der Waals surface area contributed by atoms with E-state index < -0.39 is 21.8 Å². The topological polar surface area (TPSA) is 55.4 Å². The fraction of sp³-hybridized carbons (Fsp3) is 0.600. The van der Waals surface area contributed by atoms with Gasteiger partial charge in [0.1, 0.15) is 6.10 Å². The summed E-state index contributed by atoms with van der Waals surface area (Å²) < 4.78 is 42.2. The van der Waals surface area contributed by atoms with Crippen molar-refractivity contribution in [3.05, 3.63) is 29.6 Å². The molecular formula is C15H22FNO3S. The Morgan fingerprint density at radius 3 is 2.62 bits per heavy atom. The van der Waals surface area contributed by atoms with Crippen molar-refractivity contribution in [2.75, 3.05) is 11.5 Å². The lowest BCUT2D eigenvalue weighted by atomic mass is 10.1. The molecule has 0 aliphatic carbocycles. The first-order valence-corrected chi connectivity index (χ1v) is 8.87. The van der Waals surface area contributed by atoms with Crippen molar-refractivity contribution in [3.63, 3.8) is 0 Å². The number of nitrogens with one attached hydrogen (secondary N) is 1. The van der Waals surface area contributed by atoms with E-state index in [4.69, 9.17) is 4.74 Å². The molecule has 1 aliphatic heterocycles. The van der Waals surface area contributed by atoms with Crippen LogP contribution in [0.4, 0.5) is 4.39 Å². The molecule has 0 spiro atoms. The van der Waals surface area contributed by atoms with Crippen molar-refractivity contribution in [1.29, 1.82) is 0 Å². The normalized spacial score (nSPS) is 21.4. The van der Waals surface area contributed by atoms with E-state index in [0.717, 1.165) is 5.56 Å². The van der Waals surface area contributed by atoms with Gasteiger partial charge in [-0.3, -0.25) is 0 Å². The highest BCUT2D eigenvalue weighted by molar-refractivity contribution is 7.91. The van der Waals surface area contributed by atoms with Gasteiger partial charge in [-0.2, -0.15) is 0 Å². The van der Waals surface area contributed by atoms with Gasteiger partial charge < -0.3 is 10.1 Å². The van der Waals surface area contributed by atoms with Crippen molar-refractivity contribution in [2.24, 2.45) is 0 Å². The predicted molar refractivity (Wildman–Crippen MR) is 80.7 cm³/mol. The Bertz CT molecular complexity index is 608. The summed E-state index contributed by atoms with van der Waals surface area (Å²) in [5.41, 5.74) is 0.790. The second kappa shape index (κ2) is 5.93. The molecule has 1 saturated heterocycles. The molecule has 0 bridgehead atoms. The summed E-state index contributed by atoms with van der Waals surface area (Å²) in [6, 6.07) is 4.79. The minimum absolute atomic E-state index is 0.0280. The Morgan fingerprint density at radius 2 is 2.10 bits per heavy atom. The molecular weight excluding hydrogens is 293 g/mol. The Morgan fingerprint density at radius 1 is 1.38 bits per heavy atom. The summed E-state index contributed by atoms with van der Waals surface area (Å²) in [4.78, 5) is 0. The van der Waals surface area contributed by atoms with Gasteiger partial charge in [-0.15, -0.1) is 0 Å². The van der Waals surface area contributed by atoms with Crippen molar-refractivity contribution < 1.29 is 17.5 Å². The van der Waals surface area contributed by atoms with Gasteiger partial charge in [-0.25, -0.2) is 12.8 Å². The van der Waals surface area contributed by atoms with E-state index in [1.165, 1.54) is 6.07 Å². The largest absolute Gasteiger partial charge is 0.486 e. The van der Waals surface area contributed by atoms with Crippen molar-refractivity contribution in [2.45, 2.75) is 45.4 Å². The van der Waals surface area contributed by atoms with E-state index in [1.54, 1.807) is 12.1 Å². The van der Waals surface area contributed by atoms with Gasteiger partial charge >= 0.3 is 0 Å². The Balaban J connectivity index is 1.99. The quantitative estimate of drug-likeness (QED) is 0.926. The second-order valence-electron chi connectivity index (χ2n) is 6.51. The molecule has 1 fully saturated rings. The molecule has 1 aliphatic rings. The molecule has 118 valence electrons. The lowest BCUT2D eigenvalue weighted by molar-refractivity contribution is 0.218. The van der Waals surface area contributed by atoms with Crippen LogP contribution in [-0.2, 0) is 16.4 Å². The standard InChI is InChI=1S/C15H22FNO3S/c1-15(2,3)17-9-11-4-5-14(13(16)8-11)20-12-6-7-21(18,19)10-12/h4-5,8,12,17H,6-7,9-10H2,1-3H3. The van der Waals surface area contributed by atoms with E-state index >= 15 is 0 Å². The number of ether oxygens (including phenoxy) is 1. The molecule has 0 amide bonds. The van der Waals surface area contributed by atoms with Crippen molar-refractivity contribution >= 4 is 9.84 Å². The SMILES string of the molecule is CC(C)(C)NCc1ccc(OC2CCS(=O)(=O)C2)c(F)c1. The summed E-state index contributed by atoms with van der Waals surface area (Å²) in [7, 11) is -3.02. The third-order valence-corrected chi connectivity index (χ3v) is 5.04. The zero-order valence-electron chi connectivity index (χ0n) is 12.6. The summed E-state index contributed by atoms with van der Waals surface area (Å²) in [5.74, 6) is -0.240. The zero-order chi connectivity index (χ0) is 15.7. The molecule has 21 heavy (non-hydrogen) atoms. The first-order valence-electron chi connectivity index (χ1n) is 7.05. The van der Waals surface area contributed by atoms with Crippen LogP contribution in [0.1, 0.15) is 32.8 Å². The van der Waals surface area contributed by atoms with Crippen molar-refractivity contribution in [1.82, 2.24) is 5.32 Å². The van der Waals surface area contributed by atoms with Crippen LogP contribution in [0.15, 0.2) is 18.2 Å². The minimum Gasteiger partial charge on any atom is -0.486 e. The molecule has 0 saturated carbocycles. The average molecular weight is 315 g/mol. The highest BCUT2D eigenvalue weighted by Gasteiger charge is 2.29. The Kier molecular flexibility index (Phi) is 4.58. The van der Waals surface area contributed by atoms with Crippen LogP contribution in [0.25, 0.3) is 0 Å². The maximum absolute atomic E-state index is 14.0. The monoisotopic (exact) mass is 315 g/mol. The third-order valence-electron chi connectivity index (χ3n) is 3.30. The minimum atomic E-state index is -3.02. The molecule has 0 aromatic heterocycles. The molecule has 0 radical (unpaired) electrons. The van der Waals surface area contributed by atoms with Crippen LogP contribution in [0.5, 0.6) is 5.75 Å². The van der Waals surface area contributed by atoms with Gasteiger partial charge in [0, 0.05) is 12.1 Å². The Hall–Kier alpha value is -1.14. The lowest BCUT2D eigenvalue weighted by Crippen LogP contribution is -2.35. The summed E-state index contributed by atoms with van der Waals surface area (Å²) in [6.45, 7) is 6.70. The van der Waals surface area contributed by atoms with Crippen LogP contribution in [0, 0.1) is 5.82 Å². The number of halogens is 1. The van der Waals surface area contributed by atoms with Crippen LogP contribution in [-0.4, -0.2) is 31.6 Å². The first-order chi connectivity index (χ1) is 9.65. The fourth-order valence-electron chi connectivity index (χ4n) is 2.15. The zero-order valence-corrected chi connectivity index (χ0v) is 13.5. The molecule has 6 heteroatoms. The number of hydrogen-bond donors (Lipinski definition) is 1. The van der Waals surface area contributed by atoms with Crippen LogP contribution in [0.3, 0.4) is 0 Å². The van der Waals surface area contributed by atoms with E-state index in [1.807, 2.05) is 20.8 Å². The van der Waals surface area contributed by atoms with Gasteiger partial charge in [-0.1, -0.05) is 6.07 Å². The molecule has 1 unspecified atom stereocenters. The van der Waals surface area contributed by atoms with Gasteiger partial charge in [-0.05, 0) is 44.9 Å². The third kappa shape index (κ3) is 4.97. The predicted octanol–water partition coefficient (Wildman–Crippen LogP) is 2.28. The van der Waals surface area contributed by atoms with E-state index in [9.17, 15) is 12.8 Å². The molecule has 1 heterocycles. The summed E-state index contributed by atoms with van der Waals surface area (Å²) >= 11 is 0. The number of sulfone groups is 1. The van der Waals surface area contributed by atoms with Gasteiger partial charge in [0.15, 0.2) is 21.4 Å². The fourth-order valence-corrected chi connectivity index (χ4v) is 3.74. The molecule has 2 rings (SSSR count). The maximum Gasteiger partial charge on any atom is 0.165 e. The summed E-state index contributed by atoms with van der Waals surface area (Å²) in [6.07, 6.45) is -0.0159. The Labute approximate surface area is 125 Å². The number of benzene rings is 1. The highest BCUT2D eigenvalue weighted by atomic mass is 32.2. The molecule has 1 aromatic rings. The van der Waals surface area contributed by atoms with E-state index in [-0.39, 0.29) is 22.8 Å². The van der Waals surface area contributed by atoms with Gasteiger partial charge in [0.25, 0.3) is 0 Å². The summed E-state index contributed by atoms with van der Waals surface area (Å²) in [5, 5.41) is 3.28. The van der Waals surface area contributed by atoms with Crippen LogP contribution < -0.4 is 10.1 Å². The highest BCUT2D eigenvalue weighted by Crippen LogP contribution is 2.23. The van der Waals surface area contributed by atoms with Crippen molar-refractivity contribution in [3.8, 4) is 5.75 Å². The first kappa shape index (κ1) is 16.2. The smallest absolute Gasteiger partial charge is 0.165 e. The number of hydrogen-bond acceptors (Lipinski definition) is 4. The molecule has 1 N–H and O–H groups in total. The maximum atomic E-state index is 14.0. The second-order valence-corrected chi connectivity index (χ2v) is 8.74.